The Bertz CT molecular complexity index is 1220. The zero-order valence-electron chi connectivity index (χ0n) is 19.0. The van der Waals surface area contributed by atoms with Gasteiger partial charge in [-0.1, -0.05) is 97.7 Å². The largest absolute Gasteiger partial charge is 0.344 e. The fraction of sp³-hybridized carbons (Fsp3) is 0.214. The number of benzene rings is 3. The zero-order valence-corrected chi connectivity index (χ0v) is 19.7. The highest BCUT2D eigenvalue weighted by Gasteiger charge is 2.26. The van der Waals surface area contributed by atoms with Crippen LogP contribution >= 0.6 is 11.6 Å². The van der Waals surface area contributed by atoms with Gasteiger partial charge in [0.15, 0.2) is 0 Å². The third kappa shape index (κ3) is 5.01. The summed E-state index contributed by atoms with van der Waals surface area (Å²) in [6.07, 6.45) is 1.82. The van der Waals surface area contributed by atoms with Gasteiger partial charge in [0.2, 0.25) is 0 Å². The molecule has 4 aromatic rings. The number of nitrogens with zero attached hydrogens (tertiary/aromatic N) is 2. The molecule has 168 valence electrons. The van der Waals surface area contributed by atoms with Gasteiger partial charge in [0.1, 0.15) is 17.2 Å². The summed E-state index contributed by atoms with van der Waals surface area (Å²) in [4.78, 5) is 18.8. The van der Waals surface area contributed by atoms with Gasteiger partial charge in [-0.2, -0.15) is 0 Å². The Morgan fingerprint density at radius 3 is 2.24 bits per heavy atom. The third-order valence-electron chi connectivity index (χ3n) is 5.71. The normalized spacial score (nSPS) is 11.8. The number of hydrogen-bond donors (Lipinski definition) is 1. The minimum Gasteiger partial charge on any atom is -0.344 e. The van der Waals surface area contributed by atoms with Crippen molar-refractivity contribution in [3.63, 3.8) is 0 Å². The molecule has 0 saturated heterocycles. The van der Waals surface area contributed by atoms with E-state index in [4.69, 9.17) is 16.6 Å². The van der Waals surface area contributed by atoms with Crippen molar-refractivity contribution in [3.05, 3.63) is 101 Å². The second kappa shape index (κ2) is 10.5. The van der Waals surface area contributed by atoms with Crippen molar-refractivity contribution in [3.8, 4) is 22.6 Å². The summed E-state index contributed by atoms with van der Waals surface area (Å²) in [5.41, 5.74) is 4.08. The molecule has 1 heterocycles. The van der Waals surface area contributed by atoms with Gasteiger partial charge in [-0.05, 0) is 31.0 Å². The van der Waals surface area contributed by atoms with E-state index in [1.807, 2.05) is 84.3 Å². The van der Waals surface area contributed by atoms with Crippen LogP contribution in [0.2, 0.25) is 5.02 Å². The number of imidazole rings is 1. The van der Waals surface area contributed by atoms with Gasteiger partial charge in [-0.25, -0.2) is 4.98 Å². The highest BCUT2D eigenvalue weighted by atomic mass is 35.5. The molecule has 4 rings (SSSR count). The van der Waals surface area contributed by atoms with Crippen molar-refractivity contribution < 1.29 is 4.79 Å². The summed E-state index contributed by atoms with van der Waals surface area (Å²) < 4.78 is 1.99. The fourth-order valence-electron chi connectivity index (χ4n) is 4.16. The lowest BCUT2D eigenvalue weighted by Gasteiger charge is -2.20. The van der Waals surface area contributed by atoms with Gasteiger partial charge < -0.3 is 9.88 Å². The number of halogens is 1. The third-order valence-corrected chi connectivity index (χ3v) is 5.95. The lowest BCUT2D eigenvalue weighted by molar-refractivity contribution is 0.0926. The molecule has 0 bridgehead atoms. The highest BCUT2D eigenvalue weighted by Crippen LogP contribution is 2.31. The lowest BCUT2D eigenvalue weighted by atomic mass is 10.0. The van der Waals surface area contributed by atoms with Crippen LogP contribution in [0.3, 0.4) is 0 Å². The van der Waals surface area contributed by atoms with E-state index in [9.17, 15) is 4.79 Å². The maximum Gasteiger partial charge on any atom is 0.270 e. The molecule has 0 fully saturated rings. The smallest absolute Gasteiger partial charge is 0.270 e. The van der Waals surface area contributed by atoms with Gasteiger partial charge in [0.25, 0.3) is 5.91 Å². The molecule has 5 heteroatoms. The number of aromatic nitrogens is 2. The molecule has 0 saturated carbocycles. The Morgan fingerprint density at radius 1 is 0.939 bits per heavy atom. The van der Waals surface area contributed by atoms with Crippen molar-refractivity contribution in [1.82, 2.24) is 14.9 Å². The lowest BCUT2D eigenvalue weighted by Crippen LogP contribution is -2.30. The summed E-state index contributed by atoms with van der Waals surface area (Å²) in [7, 11) is 0. The molecule has 0 spiro atoms. The van der Waals surface area contributed by atoms with E-state index in [0.717, 1.165) is 35.4 Å². The van der Waals surface area contributed by atoms with Crippen molar-refractivity contribution in [2.45, 2.75) is 39.3 Å². The Kier molecular flexibility index (Phi) is 7.26. The van der Waals surface area contributed by atoms with E-state index in [0.29, 0.717) is 23.0 Å². The molecule has 0 aliphatic carbocycles. The maximum atomic E-state index is 13.8. The molecule has 0 aliphatic heterocycles. The van der Waals surface area contributed by atoms with Crippen LogP contribution in [0.5, 0.6) is 0 Å². The quantitative estimate of drug-likeness (QED) is 0.305. The molecular formula is C28H28ClN3O. The molecule has 0 aliphatic rings. The van der Waals surface area contributed by atoms with Crippen LogP contribution in [0.1, 0.15) is 48.8 Å². The number of rotatable bonds is 8. The predicted octanol–water partition coefficient (Wildman–Crippen LogP) is 7.16. The summed E-state index contributed by atoms with van der Waals surface area (Å²) in [5.74, 6) is 0.633. The first-order chi connectivity index (χ1) is 16.1. The van der Waals surface area contributed by atoms with Crippen molar-refractivity contribution >= 4 is 17.5 Å². The number of amides is 1. The van der Waals surface area contributed by atoms with Crippen LogP contribution < -0.4 is 5.32 Å². The first-order valence-electron chi connectivity index (χ1n) is 11.4. The van der Waals surface area contributed by atoms with Crippen molar-refractivity contribution in [2.24, 2.45) is 0 Å². The topological polar surface area (TPSA) is 46.9 Å². The Balaban J connectivity index is 1.83. The minimum absolute atomic E-state index is 0.0729. The summed E-state index contributed by atoms with van der Waals surface area (Å²) >= 11 is 6.29. The Labute approximate surface area is 200 Å². The fourth-order valence-corrected chi connectivity index (χ4v) is 4.35. The van der Waals surface area contributed by atoms with E-state index in [-0.39, 0.29) is 11.9 Å². The van der Waals surface area contributed by atoms with E-state index >= 15 is 0 Å². The standard InChI is InChI=1S/C28H28ClN3O/c1-3-12-24(20-13-7-5-8-14-20)30-28(33)26-25(22-17-11-18-23(29)19-22)31-27(32(26)4-2)21-15-9-6-10-16-21/h5-11,13-19,24H,3-4,12H2,1-2H3,(H,30,33). The van der Waals surface area contributed by atoms with Gasteiger partial charge in [0.05, 0.1) is 6.04 Å². The number of carbonyl (C=O) groups is 1. The predicted molar refractivity (Wildman–Crippen MR) is 135 cm³/mol. The average molecular weight is 458 g/mol. The van der Waals surface area contributed by atoms with E-state index < -0.39 is 0 Å². The SMILES string of the molecule is CCCC(NC(=O)c1c(-c2cccc(Cl)c2)nc(-c2ccccc2)n1CC)c1ccccc1. The van der Waals surface area contributed by atoms with Crippen LogP contribution in [-0.2, 0) is 6.54 Å². The van der Waals surface area contributed by atoms with E-state index in [1.54, 1.807) is 0 Å². The molecule has 1 unspecified atom stereocenters. The molecule has 33 heavy (non-hydrogen) atoms. The minimum atomic E-state index is -0.135. The van der Waals surface area contributed by atoms with Crippen LogP contribution in [0.25, 0.3) is 22.6 Å². The monoisotopic (exact) mass is 457 g/mol. The van der Waals surface area contributed by atoms with Crippen LogP contribution in [0.4, 0.5) is 0 Å². The number of hydrogen-bond acceptors (Lipinski definition) is 2. The average Bonchev–Trinajstić information content (AvgIpc) is 3.25. The molecule has 1 amide bonds. The van der Waals surface area contributed by atoms with Crippen molar-refractivity contribution in [1.29, 1.82) is 0 Å². The zero-order chi connectivity index (χ0) is 23.2. The van der Waals surface area contributed by atoms with Gasteiger partial charge in [-0.15, -0.1) is 0 Å². The van der Waals surface area contributed by atoms with E-state index in [2.05, 4.69) is 24.4 Å². The second-order valence-corrected chi connectivity index (χ2v) is 8.42. The molecule has 1 N–H and O–H groups in total. The second-order valence-electron chi connectivity index (χ2n) is 7.98. The maximum absolute atomic E-state index is 13.8. The van der Waals surface area contributed by atoms with Gasteiger partial charge >= 0.3 is 0 Å². The van der Waals surface area contributed by atoms with E-state index in [1.165, 1.54) is 0 Å². The molecule has 0 radical (unpaired) electrons. The Morgan fingerprint density at radius 2 is 1.61 bits per heavy atom. The first-order valence-corrected chi connectivity index (χ1v) is 11.8. The van der Waals surface area contributed by atoms with Gasteiger partial charge in [-0.3, -0.25) is 4.79 Å². The van der Waals surface area contributed by atoms with Crippen LogP contribution in [-0.4, -0.2) is 15.5 Å². The first kappa shape index (κ1) is 22.8. The molecule has 1 aromatic heterocycles. The van der Waals surface area contributed by atoms with Crippen LogP contribution in [0.15, 0.2) is 84.9 Å². The molecule has 1 atom stereocenters. The number of nitrogens with one attached hydrogen (secondary N) is 1. The molecule has 4 nitrogen and oxygen atoms in total. The van der Waals surface area contributed by atoms with Gasteiger partial charge in [0, 0.05) is 22.7 Å². The Hall–Kier alpha value is -3.37. The summed E-state index contributed by atoms with van der Waals surface area (Å²) in [5, 5.41) is 3.89. The number of carbonyl (C=O) groups excluding carboxylic acids is 1. The molecule has 3 aromatic carbocycles. The molecular weight excluding hydrogens is 430 g/mol. The summed E-state index contributed by atoms with van der Waals surface area (Å²) in [6.45, 7) is 4.78. The van der Waals surface area contributed by atoms with Crippen molar-refractivity contribution in [2.75, 3.05) is 0 Å². The highest BCUT2D eigenvalue weighted by molar-refractivity contribution is 6.30. The van der Waals surface area contributed by atoms with Crippen LogP contribution in [0, 0.1) is 0 Å². The summed E-state index contributed by atoms with van der Waals surface area (Å²) in [6, 6.07) is 27.5.